The van der Waals surface area contributed by atoms with Crippen LogP contribution >= 0.6 is 0 Å². The second-order valence-corrected chi connectivity index (χ2v) is 22.1. The molecule has 0 unspecified atom stereocenters. The van der Waals surface area contributed by atoms with E-state index >= 15 is 0 Å². The fraction of sp³-hybridized carbons (Fsp3) is 0. The van der Waals surface area contributed by atoms with Crippen molar-refractivity contribution in [2.45, 2.75) is 0 Å². The van der Waals surface area contributed by atoms with Crippen LogP contribution in [0, 0.1) is 0 Å². The van der Waals surface area contributed by atoms with E-state index in [2.05, 4.69) is 301 Å². The van der Waals surface area contributed by atoms with Crippen LogP contribution in [0.1, 0.15) is 0 Å². The third kappa shape index (κ3) is 6.71. The Morgan fingerprint density at radius 3 is 1.05 bits per heavy atom. The molecule has 0 atom stereocenters. The van der Waals surface area contributed by atoms with E-state index in [1.54, 1.807) is 0 Å². The van der Waals surface area contributed by atoms with Crippen LogP contribution in [0.15, 0.2) is 300 Å². The van der Waals surface area contributed by atoms with Crippen LogP contribution in [-0.4, -0.2) is 0 Å². The van der Waals surface area contributed by atoms with Crippen LogP contribution < -0.4 is 9.80 Å². The number of para-hydroxylation sites is 2. The molecule has 0 bridgehead atoms. The van der Waals surface area contributed by atoms with Crippen molar-refractivity contribution < 1.29 is 8.83 Å². The van der Waals surface area contributed by atoms with Crippen LogP contribution in [0.25, 0.3) is 141 Å². The topological polar surface area (TPSA) is 32.8 Å². The molecule has 2 aromatic heterocycles. The fourth-order valence-corrected chi connectivity index (χ4v) is 14.3. The Bertz CT molecular complexity index is 5650. The molecule has 0 aliphatic carbocycles. The highest BCUT2D eigenvalue weighted by Gasteiger charge is 2.30. The van der Waals surface area contributed by atoms with E-state index in [0.717, 1.165) is 143 Å². The first kappa shape index (κ1) is 46.5. The summed E-state index contributed by atoms with van der Waals surface area (Å²) < 4.78 is 14.2. The molecule has 0 N–H and O–H groups in total. The Morgan fingerprint density at radius 2 is 0.560 bits per heavy atom. The average Bonchev–Trinajstić information content (AvgIpc) is 2.01. The van der Waals surface area contributed by atoms with Gasteiger partial charge < -0.3 is 18.6 Å². The zero-order chi connectivity index (χ0) is 55.0. The first-order valence-corrected chi connectivity index (χ1v) is 28.8. The second-order valence-electron chi connectivity index (χ2n) is 22.1. The maximum atomic E-state index is 7.25. The van der Waals surface area contributed by atoms with Crippen LogP contribution in [0.5, 0.6) is 0 Å². The first-order valence-electron chi connectivity index (χ1n) is 28.8. The maximum absolute atomic E-state index is 7.25. The minimum atomic E-state index is 0.845. The molecule has 0 saturated carbocycles. The largest absolute Gasteiger partial charge is 0.456 e. The van der Waals surface area contributed by atoms with Crippen LogP contribution in [-0.2, 0) is 0 Å². The molecule has 390 valence electrons. The lowest BCUT2D eigenvalue weighted by molar-refractivity contribution is 0.669. The van der Waals surface area contributed by atoms with Gasteiger partial charge in [0.15, 0.2) is 5.58 Å². The average molecular weight is 1070 g/mol. The summed E-state index contributed by atoms with van der Waals surface area (Å²) in [5, 5.41) is 23.0. The number of nitrogens with zero attached hydrogens (tertiary/aromatic N) is 2. The molecular formula is C80H48N2O2. The Morgan fingerprint density at radius 1 is 0.214 bits per heavy atom. The second kappa shape index (κ2) is 18.2. The summed E-state index contributed by atoms with van der Waals surface area (Å²) in [5.41, 5.74) is 12.1. The minimum absolute atomic E-state index is 0.845. The summed E-state index contributed by atoms with van der Waals surface area (Å²) in [7, 11) is 0. The van der Waals surface area contributed by atoms with Gasteiger partial charge in [0.2, 0.25) is 0 Å². The lowest BCUT2D eigenvalue weighted by atomic mass is 9.84. The number of rotatable bonds is 7. The van der Waals surface area contributed by atoms with Crippen molar-refractivity contribution in [1.82, 2.24) is 0 Å². The molecule has 84 heavy (non-hydrogen) atoms. The molecule has 0 radical (unpaired) electrons. The highest BCUT2D eigenvalue weighted by Crippen LogP contribution is 2.56. The number of furan rings is 2. The zero-order valence-corrected chi connectivity index (χ0v) is 45.4. The third-order valence-corrected chi connectivity index (χ3v) is 17.7. The van der Waals surface area contributed by atoms with Crippen molar-refractivity contribution in [3.05, 3.63) is 291 Å². The van der Waals surface area contributed by atoms with Gasteiger partial charge >= 0.3 is 0 Å². The summed E-state index contributed by atoms with van der Waals surface area (Å²) in [6.45, 7) is 0. The van der Waals surface area contributed by atoms with Crippen molar-refractivity contribution in [2.24, 2.45) is 0 Å². The Hall–Kier alpha value is -11.2. The number of hydrogen-bond donors (Lipinski definition) is 0. The number of fused-ring (bicyclic) bond motifs is 18. The highest BCUT2D eigenvalue weighted by molar-refractivity contribution is 6.34. The van der Waals surface area contributed by atoms with Crippen molar-refractivity contribution in [1.29, 1.82) is 0 Å². The molecule has 0 aliphatic rings. The lowest BCUT2D eigenvalue weighted by Gasteiger charge is -2.32. The Labute approximate surface area is 482 Å². The molecule has 0 fully saturated rings. The third-order valence-electron chi connectivity index (χ3n) is 17.7. The molecule has 18 aromatic rings. The van der Waals surface area contributed by atoms with Gasteiger partial charge in [-0.3, -0.25) is 0 Å². The number of benzene rings is 16. The predicted octanol–water partition coefficient (Wildman–Crippen LogP) is 23.3. The fourth-order valence-electron chi connectivity index (χ4n) is 14.3. The number of hydrogen-bond acceptors (Lipinski definition) is 4. The smallest absolute Gasteiger partial charge is 0.160 e. The highest BCUT2D eigenvalue weighted by atomic mass is 16.3. The van der Waals surface area contributed by atoms with Gasteiger partial charge in [-0.05, 0) is 113 Å². The zero-order valence-electron chi connectivity index (χ0n) is 45.4. The van der Waals surface area contributed by atoms with Gasteiger partial charge in [-0.25, -0.2) is 0 Å². The van der Waals surface area contributed by atoms with Gasteiger partial charge in [0.25, 0.3) is 0 Å². The molecule has 0 aliphatic heterocycles. The van der Waals surface area contributed by atoms with Crippen molar-refractivity contribution in [3.63, 3.8) is 0 Å². The summed E-state index contributed by atoms with van der Waals surface area (Å²) in [5.74, 6) is 0. The van der Waals surface area contributed by atoms with Gasteiger partial charge in [0.05, 0.1) is 22.7 Å². The van der Waals surface area contributed by atoms with Crippen molar-refractivity contribution in [2.75, 3.05) is 9.80 Å². The summed E-state index contributed by atoms with van der Waals surface area (Å²) >= 11 is 0. The van der Waals surface area contributed by atoms with Crippen LogP contribution in [0.3, 0.4) is 0 Å². The van der Waals surface area contributed by atoms with E-state index in [9.17, 15) is 0 Å². The SMILES string of the molecule is c1ccc(N(c2c3ccccc3c(-c3c4ccccc4c(N(c4ccccc4)c4cc5ccccc5c5c4oc4ccc6ccccc6c45)c4ccccc34)c3ccccc23)c2cc3oc4ccc5ccccc5c4c3c3ccccc23)cc1. The first-order chi connectivity index (χ1) is 41.7. The van der Waals surface area contributed by atoms with Gasteiger partial charge in [-0.15, -0.1) is 0 Å². The normalized spacial score (nSPS) is 12.0. The molecule has 4 heteroatoms. The van der Waals surface area contributed by atoms with E-state index < -0.39 is 0 Å². The Kier molecular flexibility index (Phi) is 10.1. The van der Waals surface area contributed by atoms with E-state index in [4.69, 9.17) is 8.83 Å². The van der Waals surface area contributed by atoms with E-state index in [-0.39, 0.29) is 0 Å². The number of anilines is 6. The predicted molar refractivity (Wildman–Crippen MR) is 356 cm³/mol. The standard InChI is InChI=1S/C80H48N2O2/c1-3-26-52(27-4-1)81(67-48-71-76(58-34-14-13-33-57(58)67)74-54-30-10-7-23-49(54)43-45-69(74)83-71)78-63-39-19-15-35-59(63)72(60-36-16-20-40-64(60)78)73-61-37-17-21-41-65(61)79(66-42-22-18-38-62(66)73)82(53-28-5-2-6-29-53)68-47-51-25-9-12-32-56(51)77-75-55-31-11-8-24-50(55)44-46-70(75)84-80(68)77/h1-48H. The van der Waals surface area contributed by atoms with E-state index in [0.29, 0.717) is 0 Å². The van der Waals surface area contributed by atoms with Crippen LogP contribution in [0.4, 0.5) is 34.1 Å². The van der Waals surface area contributed by atoms with Gasteiger partial charge in [-0.1, -0.05) is 243 Å². The monoisotopic (exact) mass is 1070 g/mol. The lowest BCUT2D eigenvalue weighted by Crippen LogP contribution is -2.12. The molecule has 2 heterocycles. The van der Waals surface area contributed by atoms with Crippen LogP contribution in [0.2, 0.25) is 0 Å². The summed E-state index contributed by atoms with van der Waals surface area (Å²) in [6.07, 6.45) is 0. The maximum Gasteiger partial charge on any atom is 0.160 e. The quantitative estimate of drug-likeness (QED) is 0.149. The van der Waals surface area contributed by atoms with E-state index in [1.165, 1.54) is 32.7 Å². The van der Waals surface area contributed by atoms with Gasteiger partial charge in [0, 0.05) is 65.9 Å². The summed E-state index contributed by atoms with van der Waals surface area (Å²) in [6, 6.07) is 106. The molecule has 4 nitrogen and oxygen atoms in total. The molecule has 0 saturated heterocycles. The molecule has 18 rings (SSSR count). The Balaban J connectivity index is 0.939. The van der Waals surface area contributed by atoms with Crippen molar-refractivity contribution in [3.8, 4) is 11.1 Å². The van der Waals surface area contributed by atoms with Crippen molar-refractivity contribution >= 4 is 164 Å². The van der Waals surface area contributed by atoms with E-state index in [1.807, 2.05) is 0 Å². The van der Waals surface area contributed by atoms with Gasteiger partial charge in [-0.2, -0.15) is 0 Å². The minimum Gasteiger partial charge on any atom is -0.456 e. The molecule has 0 spiro atoms. The van der Waals surface area contributed by atoms with Gasteiger partial charge in [0.1, 0.15) is 16.7 Å². The molecular weight excluding hydrogens is 1020 g/mol. The molecule has 0 amide bonds. The molecule has 16 aromatic carbocycles. The summed E-state index contributed by atoms with van der Waals surface area (Å²) in [4.78, 5) is 4.96.